The smallest absolute Gasteiger partial charge is 0.328 e. The zero-order valence-corrected chi connectivity index (χ0v) is 12.8. The van der Waals surface area contributed by atoms with E-state index in [9.17, 15) is 13.2 Å². The number of rotatable bonds is 3. The van der Waals surface area contributed by atoms with Crippen LogP contribution in [0.3, 0.4) is 0 Å². The molecule has 0 amide bonds. The minimum atomic E-state index is -3.49. The largest absolute Gasteiger partial charge is 0.468 e. The molecule has 1 aromatic rings. The fraction of sp³-hybridized carbons (Fsp3) is 0.583. The van der Waals surface area contributed by atoms with E-state index >= 15 is 0 Å². The second kappa shape index (κ2) is 5.22. The molecule has 19 heavy (non-hydrogen) atoms. The first-order valence-electron chi connectivity index (χ1n) is 6.04. The lowest BCUT2D eigenvalue weighted by molar-refractivity contribution is -0.145. The summed E-state index contributed by atoms with van der Waals surface area (Å²) in [5.74, 6) is -0.524. The molecule has 0 bridgehead atoms. The first-order chi connectivity index (χ1) is 8.89. The number of carbonyl (C=O) groups is 1. The number of esters is 1. The van der Waals surface area contributed by atoms with E-state index in [0.29, 0.717) is 13.0 Å². The first kappa shape index (κ1) is 14.5. The van der Waals surface area contributed by atoms with Crippen LogP contribution in [0.4, 0.5) is 0 Å². The number of thiophene rings is 1. The van der Waals surface area contributed by atoms with E-state index < -0.39 is 27.3 Å². The highest BCUT2D eigenvalue weighted by Gasteiger charge is 2.42. The van der Waals surface area contributed by atoms with Crippen molar-refractivity contribution in [2.24, 2.45) is 0 Å². The second-order valence-electron chi connectivity index (χ2n) is 4.68. The fourth-order valence-electron chi connectivity index (χ4n) is 2.19. The van der Waals surface area contributed by atoms with E-state index in [2.05, 4.69) is 0 Å². The predicted octanol–water partition coefficient (Wildman–Crippen LogP) is 1.56. The van der Waals surface area contributed by atoms with Gasteiger partial charge in [-0.25, -0.2) is 13.2 Å². The highest BCUT2D eigenvalue weighted by Crippen LogP contribution is 2.36. The van der Waals surface area contributed by atoms with Crippen LogP contribution < -0.4 is 0 Å². The van der Waals surface area contributed by atoms with Gasteiger partial charge in [0.1, 0.15) is 6.04 Å². The monoisotopic (exact) mass is 303 g/mol. The molecule has 5 nitrogen and oxygen atoms in total. The Morgan fingerprint density at radius 2 is 2.21 bits per heavy atom. The summed E-state index contributed by atoms with van der Waals surface area (Å²) in [7, 11) is -2.21. The minimum absolute atomic E-state index is 0.327. The van der Waals surface area contributed by atoms with Crippen LogP contribution in [-0.4, -0.2) is 37.6 Å². The Kier molecular flexibility index (Phi) is 3.98. The van der Waals surface area contributed by atoms with E-state index in [1.807, 2.05) is 11.4 Å². The predicted molar refractivity (Wildman–Crippen MR) is 73.5 cm³/mol. The Morgan fingerprint density at radius 3 is 2.79 bits per heavy atom. The minimum Gasteiger partial charge on any atom is -0.468 e. The summed E-state index contributed by atoms with van der Waals surface area (Å²) in [6, 6.07) is 0.969. The molecule has 1 atom stereocenters. The van der Waals surface area contributed by atoms with Crippen LogP contribution in [0.2, 0.25) is 0 Å². The number of methoxy groups -OCH3 is 1. The van der Waals surface area contributed by atoms with Crippen LogP contribution in [-0.2, 0) is 26.0 Å². The number of fused-ring (bicyclic) bond motifs is 1. The zero-order valence-electron chi connectivity index (χ0n) is 11.1. The molecule has 106 valence electrons. The Balaban J connectivity index is 2.49. The van der Waals surface area contributed by atoms with Crippen molar-refractivity contribution in [1.82, 2.24) is 4.31 Å². The van der Waals surface area contributed by atoms with Gasteiger partial charge in [0.2, 0.25) is 10.0 Å². The van der Waals surface area contributed by atoms with Gasteiger partial charge >= 0.3 is 5.97 Å². The molecule has 0 spiro atoms. The van der Waals surface area contributed by atoms with Crippen molar-refractivity contribution < 1.29 is 17.9 Å². The summed E-state index contributed by atoms with van der Waals surface area (Å²) in [5, 5.41) is 1.33. The van der Waals surface area contributed by atoms with E-state index in [1.165, 1.54) is 11.4 Å². The molecule has 1 aliphatic rings. The van der Waals surface area contributed by atoms with Gasteiger partial charge in [-0.3, -0.25) is 0 Å². The van der Waals surface area contributed by atoms with E-state index in [4.69, 9.17) is 4.74 Å². The van der Waals surface area contributed by atoms with Crippen LogP contribution in [0.15, 0.2) is 11.4 Å². The van der Waals surface area contributed by atoms with Crippen molar-refractivity contribution in [3.05, 3.63) is 21.9 Å². The van der Waals surface area contributed by atoms with Crippen molar-refractivity contribution in [2.75, 3.05) is 13.7 Å². The summed E-state index contributed by atoms with van der Waals surface area (Å²) < 4.78 is 30.8. The Hall–Kier alpha value is -0.920. The molecule has 1 aliphatic heterocycles. The summed E-state index contributed by atoms with van der Waals surface area (Å²) in [4.78, 5) is 13.0. The third-order valence-corrected chi connectivity index (χ3v) is 6.50. The molecule has 7 heteroatoms. The van der Waals surface area contributed by atoms with Crippen LogP contribution in [0.1, 0.15) is 30.3 Å². The standard InChI is InChI=1S/C12H17NO4S2/c1-8(2)19(15,16)13-6-4-10-9(5-7-18-10)11(13)12(14)17-3/h5,7-8,11H,4,6H2,1-3H3. The van der Waals surface area contributed by atoms with Crippen LogP contribution in [0.5, 0.6) is 0 Å². The molecule has 2 heterocycles. The topological polar surface area (TPSA) is 63.7 Å². The van der Waals surface area contributed by atoms with E-state index in [-0.39, 0.29) is 0 Å². The van der Waals surface area contributed by atoms with Gasteiger partial charge in [-0.2, -0.15) is 4.31 Å². The molecule has 1 unspecified atom stereocenters. The average molecular weight is 303 g/mol. The van der Waals surface area contributed by atoms with Crippen LogP contribution in [0.25, 0.3) is 0 Å². The highest BCUT2D eigenvalue weighted by molar-refractivity contribution is 7.89. The lowest BCUT2D eigenvalue weighted by atomic mass is 10.0. The van der Waals surface area contributed by atoms with Crippen LogP contribution in [0, 0.1) is 0 Å². The molecule has 0 radical (unpaired) electrons. The van der Waals surface area contributed by atoms with E-state index in [0.717, 1.165) is 10.4 Å². The summed E-state index contributed by atoms with van der Waals surface area (Å²) in [6.07, 6.45) is 0.645. The van der Waals surface area contributed by atoms with E-state index in [1.54, 1.807) is 25.2 Å². The normalized spacial score (nSPS) is 20.3. The Bertz CT molecular complexity index is 576. The maximum Gasteiger partial charge on any atom is 0.328 e. The third kappa shape index (κ3) is 2.42. The summed E-state index contributed by atoms with van der Waals surface area (Å²) in [6.45, 7) is 3.56. The van der Waals surface area contributed by atoms with Gasteiger partial charge < -0.3 is 4.74 Å². The lowest BCUT2D eigenvalue weighted by Crippen LogP contribution is -2.46. The molecular formula is C12H17NO4S2. The second-order valence-corrected chi connectivity index (χ2v) is 8.12. The molecule has 0 aromatic carbocycles. The van der Waals surface area contributed by atoms with Gasteiger partial charge in [-0.05, 0) is 37.3 Å². The van der Waals surface area contributed by atoms with Gasteiger partial charge in [0.15, 0.2) is 0 Å². The molecular weight excluding hydrogens is 286 g/mol. The molecule has 0 saturated carbocycles. The van der Waals surface area contributed by atoms with Crippen LogP contribution >= 0.6 is 11.3 Å². The van der Waals surface area contributed by atoms with Gasteiger partial charge in [0.05, 0.1) is 12.4 Å². The lowest BCUT2D eigenvalue weighted by Gasteiger charge is -2.34. The van der Waals surface area contributed by atoms with Crippen molar-refractivity contribution in [1.29, 1.82) is 0 Å². The van der Waals surface area contributed by atoms with Gasteiger partial charge in [0.25, 0.3) is 0 Å². The number of ether oxygens (including phenoxy) is 1. The zero-order chi connectivity index (χ0) is 14.2. The first-order valence-corrected chi connectivity index (χ1v) is 8.42. The molecule has 0 aliphatic carbocycles. The van der Waals surface area contributed by atoms with Gasteiger partial charge in [-0.15, -0.1) is 11.3 Å². The van der Waals surface area contributed by atoms with Gasteiger partial charge in [0, 0.05) is 11.4 Å². The summed E-state index contributed by atoms with van der Waals surface area (Å²) in [5.41, 5.74) is 0.757. The third-order valence-electron chi connectivity index (χ3n) is 3.27. The Morgan fingerprint density at radius 1 is 1.53 bits per heavy atom. The number of hydrogen-bond donors (Lipinski definition) is 0. The summed E-state index contributed by atoms with van der Waals surface area (Å²) >= 11 is 1.55. The Labute approximate surface area is 117 Å². The molecule has 0 N–H and O–H groups in total. The fourth-order valence-corrected chi connectivity index (χ4v) is 4.48. The quantitative estimate of drug-likeness (QED) is 0.795. The number of nitrogens with zero attached hydrogens (tertiary/aromatic N) is 1. The van der Waals surface area contributed by atoms with Gasteiger partial charge in [-0.1, -0.05) is 0 Å². The van der Waals surface area contributed by atoms with Crippen molar-refractivity contribution in [3.63, 3.8) is 0 Å². The van der Waals surface area contributed by atoms with Crippen molar-refractivity contribution in [2.45, 2.75) is 31.6 Å². The van der Waals surface area contributed by atoms with Crippen molar-refractivity contribution in [3.8, 4) is 0 Å². The van der Waals surface area contributed by atoms with Crippen molar-refractivity contribution >= 4 is 27.3 Å². The molecule has 1 aromatic heterocycles. The number of sulfonamides is 1. The maximum absolute atomic E-state index is 12.4. The molecule has 0 fully saturated rings. The highest BCUT2D eigenvalue weighted by atomic mass is 32.2. The molecule has 0 saturated heterocycles. The SMILES string of the molecule is COC(=O)C1c2ccsc2CCN1S(=O)(=O)C(C)C. The molecule has 2 rings (SSSR count). The number of carbonyl (C=O) groups excluding carboxylic acids is 1. The maximum atomic E-state index is 12.4. The number of hydrogen-bond acceptors (Lipinski definition) is 5. The average Bonchev–Trinajstić information content (AvgIpc) is 2.84.